The fourth-order valence-electron chi connectivity index (χ4n) is 0. The minimum atomic E-state index is 0. The van der Waals surface area contributed by atoms with Gasteiger partial charge >= 0.3 is 22.4 Å². The van der Waals surface area contributed by atoms with Crippen LogP contribution in [0.5, 0.6) is 0 Å². The fraction of sp³-hybridized carbons (Fsp3) is 0. The molecule has 0 saturated carbocycles. The molecule has 0 fully saturated rings. The molecule has 0 bridgehead atoms. The van der Waals surface area contributed by atoms with Crippen LogP contribution in [-0.4, -0.2) is 6.41 Å². The summed E-state index contributed by atoms with van der Waals surface area (Å²) in [6.45, 7) is 0. The molecule has 0 unspecified atom stereocenters. The molecule has 4 heavy (non-hydrogen) atoms. The summed E-state index contributed by atoms with van der Waals surface area (Å²) in [4.78, 5) is 8.46. The van der Waals surface area contributed by atoms with Gasteiger partial charge in [-0.3, -0.25) is 0 Å². The zero-order chi connectivity index (χ0) is 2.71. The van der Waals surface area contributed by atoms with Crippen molar-refractivity contribution in [3.63, 3.8) is 0 Å². The number of carbonyl (C=O) groups excluding carboxylic acids is 1. The Kier molecular flexibility index (Phi) is 23.8. The molecule has 0 aliphatic rings. The summed E-state index contributed by atoms with van der Waals surface area (Å²) >= 11 is 0. The van der Waals surface area contributed by atoms with E-state index in [-0.39, 0.29) is 22.4 Å². The van der Waals surface area contributed by atoms with Gasteiger partial charge in [0, 0.05) is 0 Å². The van der Waals surface area contributed by atoms with Crippen molar-refractivity contribution >= 4 is 6.41 Å². The van der Waals surface area contributed by atoms with E-state index in [9.17, 15) is 0 Å². The molecular weight excluding hydrogens is 239 g/mol. The Labute approximate surface area is 39.9 Å². The molecule has 0 atom stereocenters. The third kappa shape index (κ3) is 73.2. The Balaban J connectivity index is 0. The van der Waals surface area contributed by atoms with Crippen molar-refractivity contribution in [1.82, 2.24) is 0 Å². The molecule has 3 heteroatoms. The van der Waals surface area contributed by atoms with Gasteiger partial charge in [0.1, 0.15) is 0 Å². The van der Waals surface area contributed by atoms with Crippen molar-refractivity contribution in [2.45, 2.75) is 0 Å². The third-order valence-electron chi connectivity index (χ3n) is 0. The van der Waals surface area contributed by atoms with Gasteiger partial charge in [-0.2, -0.15) is 6.41 Å². The molecular formula is CH2AuNO. The second-order valence-electron chi connectivity index (χ2n) is 0.118. The first-order chi connectivity index (χ1) is 1.41. The number of hydrogen-bond donors (Lipinski definition) is 1. The molecule has 0 aromatic carbocycles. The van der Waals surface area contributed by atoms with Gasteiger partial charge in [0.25, 0.3) is 0 Å². The number of rotatable bonds is 0. The van der Waals surface area contributed by atoms with E-state index in [0.29, 0.717) is 0 Å². The van der Waals surface area contributed by atoms with Crippen molar-refractivity contribution in [3.05, 3.63) is 0 Å². The van der Waals surface area contributed by atoms with E-state index in [1.807, 2.05) is 0 Å². The molecule has 0 saturated heterocycles. The maximum Gasteiger partial charge on any atom is 1.00 e. The average molecular weight is 241 g/mol. The van der Waals surface area contributed by atoms with Gasteiger partial charge in [0.05, 0.1) is 0 Å². The van der Waals surface area contributed by atoms with Crippen LogP contribution in [0.1, 0.15) is 0 Å². The molecule has 0 aliphatic carbocycles. The predicted molar refractivity (Wildman–Crippen MR) is 9.88 cm³/mol. The molecule has 0 radical (unpaired) electrons. The standard InChI is InChI=1S/CH2NO.Au/c2-1-3;/h(H2,2,3);/q-1;+1. The molecule has 0 rings (SSSR count). The zero-order valence-electron chi connectivity index (χ0n) is 1.79. The van der Waals surface area contributed by atoms with Crippen LogP contribution in [0.25, 0.3) is 0 Å². The molecule has 0 aromatic rings. The molecule has 0 aromatic heterocycles. The van der Waals surface area contributed by atoms with Crippen molar-refractivity contribution in [2.75, 3.05) is 0 Å². The Bertz CT molecular complexity index is 15.5. The number of primary amides is 1. The molecule has 0 aliphatic heterocycles. The second kappa shape index (κ2) is 10.7. The zero-order valence-corrected chi connectivity index (χ0v) is 3.95. The SMILES string of the molecule is N[C-]=O.[Au+]. The first-order valence-corrected chi connectivity index (χ1v) is 0.493. The number of nitrogens with two attached hydrogens (primary N) is 1. The first-order valence-electron chi connectivity index (χ1n) is 0.493. The maximum absolute atomic E-state index is 8.46. The summed E-state index contributed by atoms with van der Waals surface area (Å²) < 4.78 is 0. The van der Waals surface area contributed by atoms with Crippen molar-refractivity contribution in [2.24, 2.45) is 5.73 Å². The van der Waals surface area contributed by atoms with E-state index in [4.69, 9.17) is 4.79 Å². The minimum Gasteiger partial charge on any atom is -0.543 e. The summed E-state index contributed by atoms with van der Waals surface area (Å²) in [7, 11) is 0. The third-order valence-corrected chi connectivity index (χ3v) is 0. The van der Waals surface area contributed by atoms with Crippen LogP contribution in [0.4, 0.5) is 0 Å². The van der Waals surface area contributed by atoms with E-state index in [1.54, 1.807) is 0 Å². The quantitative estimate of drug-likeness (QED) is 0.330. The Morgan fingerprint density at radius 3 is 1.75 bits per heavy atom. The van der Waals surface area contributed by atoms with Gasteiger partial charge in [-0.25, -0.2) is 0 Å². The normalized spacial score (nSPS) is 3.00. The van der Waals surface area contributed by atoms with Gasteiger partial charge < -0.3 is 10.5 Å². The van der Waals surface area contributed by atoms with Crippen molar-refractivity contribution < 1.29 is 27.2 Å². The average Bonchev–Trinajstić information content (AvgIpc) is 0.918. The van der Waals surface area contributed by atoms with Crippen LogP contribution >= 0.6 is 0 Å². The van der Waals surface area contributed by atoms with Gasteiger partial charge in [-0.1, -0.05) is 0 Å². The summed E-state index contributed by atoms with van der Waals surface area (Å²) in [6.07, 6.45) is 1.00. The molecule has 0 spiro atoms. The summed E-state index contributed by atoms with van der Waals surface area (Å²) in [5, 5.41) is 0. The molecule has 1 amide bonds. The van der Waals surface area contributed by atoms with E-state index < -0.39 is 0 Å². The summed E-state index contributed by atoms with van der Waals surface area (Å²) in [5.74, 6) is 0. The van der Waals surface area contributed by atoms with Crippen molar-refractivity contribution in [3.8, 4) is 0 Å². The maximum atomic E-state index is 8.46. The Morgan fingerprint density at radius 1 is 1.75 bits per heavy atom. The number of hydrogen-bond acceptors (Lipinski definition) is 1. The molecule has 0 heterocycles. The van der Waals surface area contributed by atoms with E-state index in [2.05, 4.69) is 5.73 Å². The van der Waals surface area contributed by atoms with Crippen molar-refractivity contribution in [1.29, 1.82) is 0 Å². The monoisotopic (exact) mass is 241 g/mol. The van der Waals surface area contributed by atoms with E-state index in [0.717, 1.165) is 6.41 Å². The van der Waals surface area contributed by atoms with Crippen LogP contribution in [0.15, 0.2) is 0 Å². The topological polar surface area (TPSA) is 43.1 Å². The van der Waals surface area contributed by atoms with Gasteiger partial charge in [0.15, 0.2) is 0 Å². The second-order valence-corrected chi connectivity index (χ2v) is 0.118. The van der Waals surface area contributed by atoms with Crippen LogP contribution in [0.2, 0.25) is 0 Å². The van der Waals surface area contributed by atoms with E-state index >= 15 is 0 Å². The van der Waals surface area contributed by atoms with Crippen LogP contribution in [-0.2, 0) is 27.2 Å². The van der Waals surface area contributed by atoms with Gasteiger partial charge in [0.2, 0.25) is 0 Å². The van der Waals surface area contributed by atoms with Crippen LogP contribution < -0.4 is 5.73 Å². The first kappa shape index (κ1) is 8.88. The Morgan fingerprint density at radius 2 is 1.75 bits per heavy atom. The molecule has 2 nitrogen and oxygen atoms in total. The van der Waals surface area contributed by atoms with Gasteiger partial charge in [-0.15, -0.1) is 0 Å². The minimum absolute atomic E-state index is 0. The molecule has 2 N–H and O–H groups in total. The fourth-order valence-corrected chi connectivity index (χ4v) is 0. The summed E-state index contributed by atoms with van der Waals surface area (Å²) in [6, 6.07) is 0. The Hall–Kier alpha value is 0.210. The molecule has 28 valence electrons. The smallest absolute Gasteiger partial charge is 0.543 e. The predicted octanol–water partition coefficient (Wildman–Crippen LogP) is -0.990. The van der Waals surface area contributed by atoms with Crippen LogP contribution in [0.3, 0.4) is 0 Å². The summed E-state index contributed by atoms with van der Waals surface area (Å²) in [5.41, 5.74) is 4.04. The van der Waals surface area contributed by atoms with Crippen LogP contribution in [0, 0.1) is 0 Å². The largest absolute Gasteiger partial charge is 1.00 e. The van der Waals surface area contributed by atoms with Gasteiger partial charge in [-0.05, 0) is 0 Å². The van der Waals surface area contributed by atoms with E-state index in [1.165, 1.54) is 0 Å². The number of amides is 1.